The molecule has 12 heavy (non-hydrogen) atoms. The molecule has 1 aliphatic rings. The Balaban J connectivity index is 2.63. The van der Waals surface area contributed by atoms with Crippen molar-refractivity contribution in [1.82, 2.24) is 4.90 Å². The largest absolute Gasteiger partial charge is 0.467 e. The monoisotopic (exact) mass is 191 g/mol. The molecular formula is C7H10ClNO3. The zero-order valence-electron chi connectivity index (χ0n) is 6.75. The predicted molar refractivity (Wildman–Crippen MR) is 43.0 cm³/mol. The zero-order chi connectivity index (χ0) is 9.14. The summed E-state index contributed by atoms with van der Waals surface area (Å²) < 4.78 is 4.52. The van der Waals surface area contributed by atoms with Crippen LogP contribution in [-0.4, -0.2) is 35.9 Å². The SMILES string of the molecule is COC(=O)[C@@H]1CCCN1C(=O)Cl. The summed E-state index contributed by atoms with van der Waals surface area (Å²) in [4.78, 5) is 23.1. The molecule has 0 aromatic carbocycles. The molecule has 1 amide bonds. The molecular weight excluding hydrogens is 182 g/mol. The van der Waals surface area contributed by atoms with Crippen LogP contribution in [0.2, 0.25) is 0 Å². The number of rotatable bonds is 1. The average molecular weight is 192 g/mol. The third-order valence-corrected chi connectivity index (χ3v) is 2.17. The van der Waals surface area contributed by atoms with Gasteiger partial charge in [-0.2, -0.15) is 0 Å². The Morgan fingerprint density at radius 3 is 2.75 bits per heavy atom. The minimum absolute atomic E-state index is 0.387. The van der Waals surface area contributed by atoms with Crippen LogP contribution in [0.4, 0.5) is 4.79 Å². The summed E-state index contributed by atoms with van der Waals surface area (Å²) in [5, 5.41) is -0.581. The van der Waals surface area contributed by atoms with Gasteiger partial charge < -0.3 is 9.64 Å². The van der Waals surface area contributed by atoms with Crippen LogP contribution in [0, 0.1) is 0 Å². The lowest BCUT2D eigenvalue weighted by Crippen LogP contribution is -2.38. The van der Waals surface area contributed by atoms with E-state index < -0.39 is 11.4 Å². The fourth-order valence-electron chi connectivity index (χ4n) is 1.36. The highest BCUT2D eigenvalue weighted by molar-refractivity contribution is 6.63. The lowest BCUT2D eigenvalue weighted by molar-refractivity contribution is -0.144. The number of halogens is 1. The van der Waals surface area contributed by atoms with Crippen LogP contribution < -0.4 is 0 Å². The van der Waals surface area contributed by atoms with Crippen molar-refractivity contribution < 1.29 is 14.3 Å². The van der Waals surface area contributed by atoms with Crippen LogP contribution in [0.3, 0.4) is 0 Å². The fraction of sp³-hybridized carbons (Fsp3) is 0.714. The Morgan fingerprint density at radius 1 is 1.58 bits per heavy atom. The lowest BCUT2D eigenvalue weighted by Gasteiger charge is -2.18. The number of hydrogen-bond donors (Lipinski definition) is 0. The number of amides is 1. The Bertz CT molecular complexity index is 207. The minimum Gasteiger partial charge on any atom is -0.467 e. The van der Waals surface area contributed by atoms with Gasteiger partial charge in [0.05, 0.1) is 7.11 Å². The topological polar surface area (TPSA) is 46.6 Å². The van der Waals surface area contributed by atoms with Crippen molar-refractivity contribution in [2.75, 3.05) is 13.7 Å². The first-order valence-electron chi connectivity index (χ1n) is 3.70. The van der Waals surface area contributed by atoms with Crippen molar-refractivity contribution in [3.63, 3.8) is 0 Å². The molecule has 0 spiro atoms. The van der Waals surface area contributed by atoms with E-state index in [-0.39, 0.29) is 5.97 Å². The van der Waals surface area contributed by atoms with Crippen LogP contribution in [0.5, 0.6) is 0 Å². The molecule has 68 valence electrons. The first kappa shape index (κ1) is 9.32. The number of carbonyl (C=O) groups is 2. The van der Waals surface area contributed by atoms with Gasteiger partial charge in [0.2, 0.25) is 0 Å². The van der Waals surface area contributed by atoms with Crippen molar-refractivity contribution in [1.29, 1.82) is 0 Å². The van der Waals surface area contributed by atoms with E-state index in [0.717, 1.165) is 6.42 Å². The van der Waals surface area contributed by atoms with Crippen molar-refractivity contribution in [2.45, 2.75) is 18.9 Å². The van der Waals surface area contributed by atoms with Crippen molar-refractivity contribution in [2.24, 2.45) is 0 Å². The van der Waals surface area contributed by atoms with Crippen LogP contribution in [0.25, 0.3) is 0 Å². The molecule has 0 unspecified atom stereocenters. The highest BCUT2D eigenvalue weighted by Gasteiger charge is 2.33. The summed E-state index contributed by atoms with van der Waals surface area (Å²) in [5.74, 6) is -0.387. The number of methoxy groups -OCH3 is 1. The highest BCUT2D eigenvalue weighted by atomic mass is 35.5. The number of nitrogens with zero attached hydrogens (tertiary/aromatic N) is 1. The molecule has 0 saturated carbocycles. The molecule has 1 fully saturated rings. The molecule has 0 aromatic heterocycles. The fourth-order valence-corrected chi connectivity index (χ4v) is 1.56. The van der Waals surface area contributed by atoms with E-state index in [9.17, 15) is 9.59 Å². The molecule has 0 bridgehead atoms. The van der Waals surface area contributed by atoms with Gasteiger partial charge in [-0.05, 0) is 24.4 Å². The maximum absolute atomic E-state index is 11.1. The third kappa shape index (κ3) is 1.69. The predicted octanol–water partition coefficient (Wildman–Crippen LogP) is 0.983. The molecule has 1 atom stereocenters. The smallest absolute Gasteiger partial charge is 0.328 e. The molecule has 1 saturated heterocycles. The van der Waals surface area contributed by atoms with Gasteiger partial charge in [0.1, 0.15) is 6.04 Å². The first-order valence-corrected chi connectivity index (χ1v) is 4.08. The van der Waals surface area contributed by atoms with E-state index in [2.05, 4.69) is 4.74 Å². The molecule has 1 rings (SSSR count). The first-order chi connectivity index (χ1) is 5.66. The Morgan fingerprint density at radius 2 is 2.25 bits per heavy atom. The molecule has 5 heteroatoms. The summed E-state index contributed by atoms with van der Waals surface area (Å²) in [6.45, 7) is 0.544. The van der Waals surface area contributed by atoms with E-state index in [1.165, 1.54) is 12.0 Å². The van der Waals surface area contributed by atoms with Crippen molar-refractivity contribution >= 4 is 22.9 Å². The van der Waals surface area contributed by atoms with E-state index in [4.69, 9.17) is 11.6 Å². The summed E-state index contributed by atoms with van der Waals surface area (Å²) in [7, 11) is 1.30. The van der Waals surface area contributed by atoms with Gasteiger partial charge in [-0.3, -0.25) is 4.79 Å². The van der Waals surface area contributed by atoms with Crippen LogP contribution in [-0.2, 0) is 9.53 Å². The van der Waals surface area contributed by atoms with E-state index in [1.807, 2.05) is 0 Å². The standard InChI is InChI=1S/C7H10ClNO3/c1-12-6(10)5-3-2-4-9(5)7(8)11/h5H,2-4H2,1H3/t5-/m0/s1. The summed E-state index contributed by atoms with van der Waals surface area (Å²) in [6, 6.07) is -0.472. The Hall–Kier alpha value is -0.770. The number of esters is 1. The van der Waals surface area contributed by atoms with E-state index in [0.29, 0.717) is 13.0 Å². The van der Waals surface area contributed by atoms with Crippen LogP contribution in [0.15, 0.2) is 0 Å². The maximum Gasteiger partial charge on any atom is 0.328 e. The van der Waals surface area contributed by atoms with E-state index >= 15 is 0 Å². The highest BCUT2D eigenvalue weighted by Crippen LogP contribution is 2.19. The van der Waals surface area contributed by atoms with Crippen LogP contribution in [0.1, 0.15) is 12.8 Å². The summed E-state index contributed by atoms with van der Waals surface area (Å²) >= 11 is 5.26. The number of carbonyl (C=O) groups excluding carboxylic acids is 2. The average Bonchev–Trinajstić information content (AvgIpc) is 2.50. The van der Waals surface area contributed by atoms with E-state index in [1.54, 1.807) is 0 Å². The molecule has 1 heterocycles. The van der Waals surface area contributed by atoms with Crippen molar-refractivity contribution in [3.8, 4) is 0 Å². The lowest BCUT2D eigenvalue weighted by atomic mass is 10.2. The number of likely N-dealkylation sites (tertiary alicyclic amines) is 1. The summed E-state index contributed by atoms with van der Waals surface area (Å²) in [5.41, 5.74) is 0. The second-order valence-corrected chi connectivity index (χ2v) is 2.95. The van der Waals surface area contributed by atoms with Gasteiger partial charge in [0.25, 0.3) is 0 Å². The second-order valence-electron chi connectivity index (χ2n) is 2.63. The van der Waals surface area contributed by atoms with Gasteiger partial charge in [0.15, 0.2) is 0 Å². The van der Waals surface area contributed by atoms with Gasteiger partial charge in [-0.15, -0.1) is 0 Å². The number of ether oxygens (including phenoxy) is 1. The van der Waals surface area contributed by atoms with Gasteiger partial charge in [-0.25, -0.2) is 4.79 Å². The Kier molecular flexibility index (Phi) is 2.92. The molecule has 0 N–H and O–H groups in total. The second kappa shape index (κ2) is 3.76. The molecule has 4 nitrogen and oxygen atoms in total. The van der Waals surface area contributed by atoms with Gasteiger partial charge >= 0.3 is 11.3 Å². The molecule has 0 radical (unpaired) electrons. The number of hydrogen-bond acceptors (Lipinski definition) is 3. The molecule has 0 aromatic rings. The minimum atomic E-state index is -0.581. The molecule has 0 aliphatic carbocycles. The third-order valence-electron chi connectivity index (χ3n) is 1.95. The zero-order valence-corrected chi connectivity index (χ0v) is 7.50. The van der Waals surface area contributed by atoms with Gasteiger partial charge in [-0.1, -0.05) is 0 Å². The molecule has 1 aliphatic heterocycles. The van der Waals surface area contributed by atoms with Crippen molar-refractivity contribution in [3.05, 3.63) is 0 Å². The Labute approximate surface area is 75.4 Å². The maximum atomic E-state index is 11.1. The normalized spacial score (nSPS) is 22.5. The quantitative estimate of drug-likeness (QED) is 0.353. The summed E-state index contributed by atoms with van der Waals surface area (Å²) in [6.07, 6.45) is 1.45. The van der Waals surface area contributed by atoms with Crippen LogP contribution >= 0.6 is 11.6 Å². The van der Waals surface area contributed by atoms with Gasteiger partial charge in [0, 0.05) is 6.54 Å².